The van der Waals surface area contributed by atoms with Crippen molar-refractivity contribution in [1.82, 2.24) is 9.78 Å². The van der Waals surface area contributed by atoms with E-state index in [-0.39, 0.29) is 11.4 Å². The summed E-state index contributed by atoms with van der Waals surface area (Å²) in [7, 11) is 0. The number of para-hydroxylation sites is 2. The van der Waals surface area contributed by atoms with Crippen LogP contribution in [-0.4, -0.2) is 28.5 Å². The first-order chi connectivity index (χ1) is 13.2. The molecule has 0 unspecified atom stereocenters. The molecule has 0 saturated heterocycles. The molecule has 9 heteroatoms. The lowest BCUT2D eigenvalue weighted by atomic mass is 10.1. The molecule has 0 aliphatic carbocycles. The van der Waals surface area contributed by atoms with Crippen molar-refractivity contribution in [3.05, 3.63) is 64.6 Å². The number of amides is 1. The van der Waals surface area contributed by atoms with Crippen molar-refractivity contribution < 1.29 is 22.7 Å². The van der Waals surface area contributed by atoms with E-state index in [4.69, 9.17) is 4.74 Å². The van der Waals surface area contributed by atoms with E-state index in [0.717, 1.165) is 4.68 Å². The van der Waals surface area contributed by atoms with Gasteiger partial charge in [0.25, 0.3) is 5.56 Å². The molecule has 146 valence electrons. The van der Waals surface area contributed by atoms with Gasteiger partial charge in [-0.1, -0.05) is 30.3 Å². The van der Waals surface area contributed by atoms with Gasteiger partial charge >= 0.3 is 6.18 Å². The number of hydrogen-bond acceptors (Lipinski definition) is 4. The normalized spacial score (nSPS) is 11.4. The number of ether oxygens (including phenoxy) is 1. The maximum Gasteiger partial charge on any atom is 0.422 e. The molecule has 0 aliphatic rings. The van der Waals surface area contributed by atoms with E-state index in [2.05, 4.69) is 10.4 Å². The summed E-state index contributed by atoms with van der Waals surface area (Å²) in [5.41, 5.74) is 0.220. The van der Waals surface area contributed by atoms with E-state index < -0.39 is 30.8 Å². The summed E-state index contributed by atoms with van der Waals surface area (Å²) in [5.74, 6) is -0.740. The molecule has 3 rings (SSSR count). The molecule has 0 bridgehead atoms. The Kier molecular flexibility index (Phi) is 5.34. The van der Waals surface area contributed by atoms with Crippen LogP contribution in [0.3, 0.4) is 0 Å². The SMILES string of the molecule is Cc1nn(CC(=O)Nc2ccccc2OCC(F)(F)F)c(=O)c2ccccc12. The van der Waals surface area contributed by atoms with Crippen LogP contribution < -0.4 is 15.6 Å². The monoisotopic (exact) mass is 391 g/mol. The number of aromatic nitrogens is 2. The first kappa shape index (κ1) is 19.4. The highest BCUT2D eigenvalue weighted by atomic mass is 19.4. The number of carbonyl (C=O) groups is 1. The maximum atomic E-state index is 12.5. The molecule has 0 fully saturated rings. The van der Waals surface area contributed by atoms with Gasteiger partial charge in [0.2, 0.25) is 5.91 Å². The Balaban J connectivity index is 1.80. The van der Waals surface area contributed by atoms with Crippen molar-refractivity contribution in [1.29, 1.82) is 0 Å². The fourth-order valence-corrected chi connectivity index (χ4v) is 2.69. The quantitative estimate of drug-likeness (QED) is 0.725. The van der Waals surface area contributed by atoms with Crippen molar-refractivity contribution in [3.8, 4) is 5.75 Å². The smallest absolute Gasteiger partial charge is 0.422 e. The van der Waals surface area contributed by atoms with Crippen LogP contribution in [0.1, 0.15) is 5.69 Å². The minimum absolute atomic E-state index is 0.0716. The van der Waals surface area contributed by atoms with Crippen LogP contribution in [0.4, 0.5) is 18.9 Å². The summed E-state index contributed by atoms with van der Waals surface area (Å²) in [4.78, 5) is 24.9. The number of aryl methyl sites for hydroxylation is 1. The van der Waals surface area contributed by atoms with E-state index >= 15 is 0 Å². The molecule has 0 saturated carbocycles. The molecule has 0 atom stereocenters. The Bertz CT molecular complexity index is 1080. The number of carbonyl (C=O) groups excluding carboxylic acids is 1. The Labute approximate surface area is 157 Å². The third kappa shape index (κ3) is 4.48. The molecule has 0 aliphatic heterocycles. The molecule has 3 aromatic rings. The van der Waals surface area contributed by atoms with Gasteiger partial charge in [0.05, 0.1) is 16.8 Å². The average Bonchev–Trinajstić information content (AvgIpc) is 2.64. The highest BCUT2D eigenvalue weighted by Gasteiger charge is 2.29. The summed E-state index contributed by atoms with van der Waals surface area (Å²) in [6.07, 6.45) is -4.50. The number of anilines is 1. The zero-order chi connectivity index (χ0) is 20.3. The Morgan fingerprint density at radius 2 is 1.75 bits per heavy atom. The molecule has 1 N–H and O–H groups in total. The van der Waals surface area contributed by atoms with Crippen LogP contribution in [0, 0.1) is 6.92 Å². The van der Waals surface area contributed by atoms with Gasteiger partial charge in [-0.25, -0.2) is 4.68 Å². The van der Waals surface area contributed by atoms with Crippen LogP contribution in [0.25, 0.3) is 10.8 Å². The Morgan fingerprint density at radius 3 is 2.46 bits per heavy atom. The summed E-state index contributed by atoms with van der Waals surface area (Å²) < 4.78 is 42.9. The van der Waals surface area contributed by atoms with Gasteiger partial charge in [-0.2, -0.15) is 18.3 Å². The van der Waals surface area contributed by atoms with Crippen LogP contribution in [0.15, 0.2) is 53.3 Å². The molecule has 28 heavy (non-hydrogen) atoms. The molecule has 1 amide bonds. The first-order valence-electron chi connectivity index (χ1n) is 8.29. The molecule has 0 radical (unpaired) electrons. The van der Waals surface area contributed by atoms with Crippen molar-refractivity contribution in [3.63, 3.8) is 0 Å². The fraction of sp³-hybridized carbons (Fsp3) is 0.211. The highest BCUT2D eigenvalue weighted by molar-refractivity contribution is 5.92. The predicted octanol–water partition coefficient (Wildman–Crippen LogP) is 3.28. The summed E-state index contributed by atoms with van der Waals surface area (Å²) in [6, 6.07) is 12.6. The van der Waals surface area contributed by atoms with Crippen molar-refractivity contribution >= 4 is 22.4 Å². The number of alkyl halides is 3. The van der Waals surface area contributed by atoms with Gasteiger partial charge in [0.15, 0.2) is 6.61 Å². The number of fused-ring (bicyclic) bond motifs is 1. The standard InChI is InChI=1S/C19H16F3N3O3/c1-12-13-6-2-3-7-14(13)18(27)25(24-12)10-17(26)23-15-8-4-5-9-16(15)28-11-19(20,21)22/h2-9H,10-11H2,1H3,(H,23,26). The summed E-state index contributed by atoms with van der Waals surface area (Å²) >= 11 is 0. The average molecular weight is 391 g/mol. The molecule has 0 spiro atoms. The van der Waals surface area contributed by atoms with Crippen LogP contribution in [0.5, 0.6) is 5.75 Å². The Morgan fingerprint density at radius 1 is 1.11 bits per heavy atom. The number of nitrogens with one attached hydrogen (secondary N) is 1. The summed E-state index contributed by atoms with van der Waals surface area (Å²) in [6.45, 7) is -0.153. The van der Waals surface area contributed by atoms with E-state index in [9.17, 15) is 22.8 Å². The molecule has 6 nitrogen and oxygen atoms in total. The number of rotatable bonds is 5. The number of hydrogen-bond donors (Lipinski definition) is 1. The zero-order valence-corrected chi connectivity index (χ0v) is 14.8. The topological polar surface area (TPSA) is 73.2 Å². The van der Waals surface area contributed by atoms with Gasteiger partial charge in [0, 0.05) is 5.39 Å². The van der Waals surface area contributed by atoms with Gasteiger partial charge < -0.3 is 10.1 Å². The molecule has 1 aromatic heterocycles. The fourth-order valence-electron chi connectivity index (χ4n) is 2.69. The zero-order valence-electron chi connectivity index (χ0n) is 14.8. The highest BCUT2D eigenvalue weighted by Crippen LogP contribution is 2.26. The van der Waals surface area contributed by atoms with Crippen LogP contribution >= 0.6 is 0 Å². The van der Waals surface area contributed by atoms with E-state index in [1.54, 1.807) is 37.3 Å². The number of benzene rings is 2. The maximum absolute atomic E-state index is 12.5. The van der Waals surface area contributed by atoms with Gasteiger partial charge in [-0.3, -0.25) is 9.59 Å². The molecular formula is C19H16F3N3O3. The minimum Gasteiger partial charge on any atom is -0.482 e. The molecule has 2 aromatic carbocycles. The third-order valence-electron chi connectivity index (χ3n) is 3.90. The third-order valence-corrected chi connectivity index (χ3v) is 3.90. The van der Waals surface area contributed by atoms with Gasteiger partial charge in [0.1, 0.15) is 12.3 Å². The Hall–Kier alpha value is -3.36. The van der Waals surface area contributed by atoms with Crippen LogP contribution in [-0.2, 0) is 11.3 Å². The second kappa shape index (κ2) is 7.71. The second-order valence-electron chi connectivity index (χ2n) is 6.04. The second-order valence-corrected chi connectivity index (χ2v) is 6.04. The summed E-state index contributed by atoms with van der Waals surface area (Å²) in [5, 5.41) is 7.71. The first-order valence-corrected chi connectivity index (χ1v) is 8.29. The lowest BCUT2D eigenvalue weighted by Gasteiger charge is -2.14. The van der Waals surface area contributed by atoms with E-state index in [1.807, 2.05) is 0 Å². The largest absolute Gasteiger partial charge is 0.482 e. The van der Waals surface area contributed by atoms with Crippen molar-refractivity contribution in [2.24, 2.45) is 0 Å². The van der Waals surface area contributed by atoms with E-state index in [1.165, 1.54) is 18.2 Å². The molecule has 1 heterocycles. The lowest BCUT2D eigenvalue weighted by Crippen LogP contribution is -2.30. The van der Waals surface area contributed by atoms with Crippen LogP contribution in [0.2, 0.25) is 0 Å². The van der Waals surface area contributed by atoms with Gasteiger partial charge in [-0.05, 0) is 25.1 Å². The van der Waals surface area contributed by atoms with Crippen molar-refractivity contribution in [2.75, 3.05) is 11.9 Å². The molecular weight excluding hydrogens is 375 g/mol. The predicted molar refractivity (Wildman–Crippen MR) is 97.4 cm³/mol. The number of nitrogens with zero attached hydrogens (tertiary/aromatic N) is 2. The number of halogens is 3. The van der Waals surface area contributed by atoms with Gasteiger partial charge in [-0.15, -0.1) is 0 Å². The van der Waals surface area contributed by atoms with E-state index in [0.29, 0.717) is 16.5 Å². The lowest BCUT2D eigenvalue weighted by molar-refractivity contribution is -0.153. The van der Waals surface area contributed by atoms with Crippen molar-refractivity contribution in [2.45, 2.75) is 19.6 Å². The minimum atomic E-state index is -4.50.